The van der Waals surface area contributed by atoms with Gasteiger partial charge in [0.25, 0.3) is 0 Å². The number of hydrogen-bond donors (Lipinski definition) is 0. The van der Waals surface area contributed by atoms with Crippen molar-refractivity contribution in [3.05, 3.63) is 183 Å². The minimum absolute atomic E-state index is 0. The molecule has 0 saturated carbocycles. The molecule has 7 aromatic carbocycles. The smallest absolute Gasteiger partial charge is 0.0240 e. The molecule has 0 N–H and O–H groups in total. The predicted octanol–water partition coefficient (Wildman–Crippen LogP) is 5.43. The Morgan fingerprint density at radius 1 is 0.646 bits per heavy atom. The van der Waals surface area contributed by atoms with Crippen LogP contribution in [0.5, 0.6) is 0 Å². The minimum Gasteiger partial charge on any atom is -1.00 e. The number of rotatable bonds is 2. The van der Waals surface area contributed by atoms with Gasteiger partial charge in [0.2, 0.25) is 0 Å². The van der Waals surface area contributed by atoms with Crippen LogP contribution < -0.4 is 24.8 Å². The Labute approximate surface area is 313 Å². The summed E-state index contributed by atoms with van der Waals surface area (Å²) < 4.78 is 1.42. The van der Waals surface area contributed by atoms with E-state index >= 15 is 0 Å². The van der Waals surface area contributed by atoms with Gasteiger partial charge in [0.15, 0.2) is 0 Å². The van der Waals surface area contributed by atoms with Gasteiger partial charge in [-0.25, -0.2) is 0 Å². The van der Waals surface area contributed by atoms with Crippen LogP contribution in [-0.2, 0) is 30.7 Å². The second-order valence-corrected chi connectivity index (χ2v) is 13.8. The molecule has 1 aliphatic rings. The first kappa shape index (κ1) is 37.3. The van der Waals surface area contributed by atoms with E-state index in [9.17, 15) is 0 Å². The molecule has 0 unspecified atom stereocenters. The summed E-state index contributed by atoms with van der Waals surface area (Å²) in [4.78, 5) is 0. The topological polar surface area (TPSA) is 0 Å². The molecule has 0 heterocycles. The Kier molecular flexibility index (Phi) is 12.7. The zero-order valence-electron chi connectivity index (χ0n) is 28.5. The van der Waals surface area contributed by atoms with Gasteiger partial charge in [-0.2, -0.15) is 28.3 Å². The average Bonchev–Trinajstić information content (AvgIpc) is 3.58. The molecule has 48 heavy (non-hydrogen) atoms. The predicted molar refractivity (Wildman–Crippen MR) is 195 cm³/mol. The van der Waals surface area contributed by atoms with Crippen LogP contribution in [0.15, 0.2) is 121 Å². The zero-order valence-corrected chi connectivity index (χ0v) is 32.5. The first-order valence-corrected chi connectivity index (χ1v) is 17.3. The zero-order chi connectivity index (χ0) is 32.4. The average molecular weight is 743 g/mol. The summed E-state index contributed by atoms with van der Waals surface area (Å²) in [6.07, 6.45) is 1.02. The molecule has 7 aromatic rings. The van der Waals surface area contributed by atoms with Gasteiger partial charge in [-0.05, 0) is 28.5 Å². The largest absolute Gasteiger partial charge is 1.00 e. The molecular weight excluding hydrogens is 703 g/mol. The van der Waals surface area contributed by atoms with Gasteiger partial charge in [-0.15, -0.1) is 40.6 Å². The third-order valence-corrected chi connectivity index (χ3v) is 10.9. The Morgan fingerprint density at radius 2 is 1.19 bits per heavy atom. The summed E-state index contributed by atoms with van der Waals surface area (Å²) in [5.41, 5.74) is 16.7. The van der Waals surface area contributed by atoms with Crippen molar-refractivity contribution in [3.63, 3.8) is 0 Å². The van der Waals surface area contributed by atoms with Crippen molar-refractivity contribution in [3.8, 4) is 11.1 Å². The number of halogens is 2. The fourth-order valence-corrected chi connectivity index (χ4v) is 7.29. The quantitative estimate of drug-likeness (QED) is 0.164. The van der Waals surface area contributed by atoms with Crippen LogP contribution in [0.1, 0.15) is 55.6 Å². The first-order valence-electron chi connectivity index (χ1n) is 16.1. The normalized spacial score (nSPS) is 10.8. The number of aryl methyl sites for hydroxylation is 4. The van der Waals surface area contributed by atoms with Crippen LogP contribution in [0.2, 0.25) is 0 Å². The van der Waals surface area contributed by atoms with E-state index in [0.29, 0.717) is 0 Å². The van der Waals surface area contributed by atoms with Gasteiger partial charge < -0.3 is 24.8 Å². The van der Waals surface area contributed by atoms with Crippen LogP contribution in [0.3, 0.4) is 0 Å². The van der Waals surface area contributed by atoms with Gasteiger partial charge in [0.1, 0.15) is 0 Å². The summed E-state index contributed by atoms with van der Waals surface area (Å²) in [7, 11) is 0. The number of benzene rings is 6. The van der Waals surface area contributed by atoms with E-state index in [4.69, 9.17) is 0 Å². The van der Waals surface area contributed by atoms with Crippen LogP contribution in [0.25, 0.3) is 32.7 Å². The van der Waals surface area contributed by atoms with Crippen molar-refractivity contribution in [2.75, 3.05) is 0 Å². The van der Waals surface area contributed by atoms with Gasteiger partial charge in [-0.1, -0.05) is 81.6 Å². The van der Waals surface area contributed by atoms with Crippen molar-refractivity contribution in [2.45, 2.75) is 48.0 Å². The van der Waals surface area contributed by atoms with Crippen molar-refractivity contribution in [1.29, 1.82) is 0 Å². The molecule has 0 nitrogen and oxygen atoms in total. The Balaban J connectivity index is 0.000000172. The van der Waals surface area contributed by atoms with E-state index in [1.54, 1.807) is 0 Å². The molecule has 0 aliphatic heterocycles. The summed E-state index contributed by atoms with van der Waals surface area (Å²) in [5.74, 6) is 0. The fraction of sp³-hybridized carbons (Fsp3) is 0.156. The second-order valence-electron chi connectivity index (χ2n) is 12.6. The van der Waals surface area contributed by atoms with Gasteiger partial charge in [0.05, 0.1) is 0 Å². The monoisotopic (exact) mass is 740 g/mol. The second kappa shape index (κ2) is 16.3. The van der Waals surface area contributed by atoms with E-state index in [0.717, 1.165) is 6.42 Å². The van der Waals surface area contributed by atoms with Crippen LogP contribution in [-0.4, -0.2) is 3.21 Å². The third-order valence-electron chi connectivity index (χ3n) is 9.46. The summed E-state index contributed by atoms with van der Waals surface area (Å²) in [6, 6.07) is 47.1. The third kappa shape index (κ3) is 7.71. The molecule has 0 aromatic heterocycles. The van der Waals surface area contributed by atoms with E-state index in [1.807, 2.05) is 6.07 Å². The standard InChI is InChI=1S/C21H13.C15H14.C9H13.2ClH.Zr/c1-2-8-15-14(7-1)13-20-18-11-4-3-9-16(18)17-10-5-6-12-19(17)21(15)20;1-12-3-7-14(8-4-12)11-15-9-5-13(2)6-10-15;1-6-5-7(2)9(4)8(6)3;;;/h1-10,12H,13H2;3-10H,1-2H3;5H,1-4H3;2*1H;/q-1;;-1;;;+2/p-2. The van der Waals surface area contributed by atoms with Crippen molar-refractivity contribution >= 4 is 24.8 Å². The molecule has 0 radical (unpaired) electrons. The van der Waals surface area contributed by atoms with Crippen LogP contribution >= 0.6 is 0 Å². The molecule has 0 saturated heterocycles. The van der Waals surface area contributed by atoms with E-state index in [1.165, 1.54) is 116 Å². The van der Waals surface area contributed by atoms with E-state index in [2.05, 4.69) is 163 Å². The molecule has 0 fully saturated rings. The Bertz CT molecular complexity index is 2110. The molecule has 0 spiro atoms. The molecule has 0 amide bonds. The van der Waals surface area contributed by atoms with Crippen molar-refractivity contribution in [1.82, 2.24) is 0 Å². The summed E-state index contributed by atoms with van der Waals surface area (Å²) in [5, 5.41) is 5.30. The van der Waals surface area contributed by atoms with Gasteiger partial charge in [0, 0.05) is 0 Å². The van der Waals surface area contributed by atoms with Gasteiger partial charge in [-0.3, -0.25) is 0 Å². The van der Waals surface area contributed by atoms with Crippen LogP contribution in [0.4, 0.5) is 0 Å². The molecule has 0 atom stereocenters. The van der Waals surface area contributed by atoms with Crippen LogP contribution in [0, 0.1) is 47.6 Å². The van der Waals surface area contributed by atoms with Gasteiger partial charge >= 0.3 is 112 Å². The van der Waals surface area contributed by atoms with E-state index < -0.39 is 0 Å². The first-order chi connectivity index (χ1) is 22.2. The van der Waals surface area contributed by atoms with Crippen molar-refractivity contribution < 1.29 is 49.0 Å². The molecule has 1 aliphatic carbocycles. The summed E-state index contributed by atoms with van der Waals surface area (Å²) >= 11 is 1.46. The Morgan fingerprint density at radius 3 is 1.73 bits per heavy atom. The van der Waals surface area contributed by atoms with E-state index in [-0.39, 0.29) is 24.8 Å². The maximum atomic E-state index is 3.48. The molecular formula is C45H40Cl2Zr-2. The molecule has 240 valence electrons. The van der Waals surface area contributed by atoms with Crippen molar-refractivity contribution in [2.24, 2.45) is 0 Å². The molecule has 3 heteroatoms. The SMILES string of the molecule is Cc1c[c-](C)c(C)c1C.Cc1ccc([C](=[Zr+2])c2ccc(C)cc2)cc1.[Cl-].[Cl-].[c-]1cccc2c1c1c(c3ccccc32)-c2ccccc2C1. The maximum absolute atomic E-state index is 3.48. The number of hydrogen-bond acceptors (Lipinski definition) is 0. The number of fused-ring (bicyclic) bond motifs is 8. The molecule has 8 rings (SSSR count). The minimum atomic E-state index is 0. The Hall–Kier alpha value is -3.48. The summed E-state index contributed by atoms with van der Waals surface area (Å²) in [6.45, 7) is 12.9. The fourth-order valence-electron chi connectivity index (χ4n) is 6.47. The maximum Gasteiger partial charge on any atom is -0.0240 e. The molecule has 0 bridgehead atoms.